The van der Waals surface area contributed by atoms with Crippen LogP contribution in [0.1, 0.15) is 44.2 Å². The molecule has 0 saturated heterocycles. The first-order valence-electron chi connectivity index (χ1n) is 8.59. The molecular formula is C19H26O5. The van der Waals surface area contributed by atoms with Crippen molar-refractivity contribution in [3.63, 3.8) is 0 Å². The van der Waals surface area contributed by atoms with Crippen LogP contribution in [0.25, 0.3) is 0 Å². The Morgan fingerprint density at radius 3 is 2.50 bits per heavy atom. The molecule has 0 aliphatic heterocycles. The Morgan fingerprint density at radius 2 is 1.83 bits per heavy atom. The first-order valence-corrected chi connectivity index (χ1v) is 8.59. The monoisotopic (exact) mass is 334 g/mol. The fourth-order valence-electron chi connectivity index (χ4n) is 3.34. The molecule has 0 bridgehead atoms. The Morgan fingerprint density at radius 1 is 1.17 bits per heavy atom. The van der Waals surface area contributed by atoms with E-state index in [1.54, 1.807) is 13.8 Å². The van der Waals surface area contributed by atoms with Gasteiger partial charge in [0, 0.05) is 6.42 Å². The van der Waals surface area contributed by atoms with Crippen LogP contribution in [0.3, 0.4) is 0 Å². The molecule has 1 aliphatic rings. The highest BCUT2D eigenvalue weighted by molar-refractivity contribution is 5.80. The molecule has 1 aromatic carbocycles. The van der Waals surface area contributed by atoms with Crippen LogP contribution in [0.5, 0.6) is 0 Å². The maximum absolute atomic E-state index is 12.2. The van der Waals surface area contributed by atoms with Crippen LogP contribution < -0.4 is 0 Å². The summed E-state index contributed by atoms with van der Waals surface area (Å²) < 4.78 is 10.0. The third-order valence-corrected chi connectivity index (χ3v) is 4.46. The van der Waals surface area contributed by atoms with E-state index in [1.807, 2.05) is 18.2 Å². The minimum absolute atomic E-state index is 0.0589. The number of aliphatic hydroxyl groups is 1. The number of carbonyl (C=O) groups excluding carboxylic acids is 2. The summed E-state index contributed by atoms with van der Waals surface area (Å²) in [5.41, 5.74) is 1.34. The number of hydrogen-bond acceptors (Lipinski definition) is 5. The van der Waals surface area contributed by atoms with Crippen LogP contribution >= 0.6 is 0 Å². The summed E-state index contributed by atoms with van der Waals surface area (Å²) in [6, 6.07) is 8.01. The Labute approximate surface area is 143 Å². The van der Waals surface area contributed by atoms with Crippen molar-refractivity contribution in [2.45, 2.75) is 51.6 Å². The molecule has 2 atom stereocenters. The first kappa shape index (κ1) is 18.5. The lowest BCUT2D eigenvalue weighted by Crippen LogP contribution is -2.40. The zero-order valence-electron chi connectivity index (χ0n) is 14.4. The largest absolute Gasteiger partial charge is 0.466 e. The van der Waals surface area contributed by atoms with Gasteiger partial charge in [0.15, 0.2) is 0 Å². The zero-order chi connectivity index (χ0) is 17.6. The number of aryl methyl sites for hydroxylation is 1. The van der Waals surface area contributed by atoms with Crippen molar-refractivity contribution in [1.29, 1.82) is 0 Å². The van der Waals surface area contributed by atoms with E-state index in [-0.39, 0.29) is 26.1 Å². The summed E-state index contributed by atoms with van der Waals surface area (Å²) in [5, 5.41) is 11.0. The van der Waals surface area contributed by atoms with Gasteiger partial charge < -0.3 is 14.6 Å². The second-order valence-electron chi connectivity index (χ2n) is 6.33. The summed E-state index contributed by atoms with van der Waals surface area (Å²) in [7, 11) is 0. The van der Waals surface area contributed by atoms with Gasteiger partial charge in [0.2, 0.25) is 0 Å². The molecule has 132 valence electrons. The molecular weight excluding hydrogens is 308 g/mol. The van der Waals surface area contributed by atoms with E-state index in [1.165, 1.54) is 5.56 Å². The molecule has 24 heavy (non-hydrogen) atoms. The van der Waals surface area contributed by atoms with Gasteiger partial charge in [-0.2, -0.15) is 0 Å². The molecule has 1 aliphatic carbocycles. The van der Waals surface area contributed by atoms with Crippen molar-refractivity contribution in [2.24, 2.45) is 5.92 Å². The molecule has 5 heteroatoms. The Hall–Kier alpha value is -1.88. The molecule has 1 aromatic rings. The number of fused-ring (bicyclic) bond motifs is 1. The van der Waals surface area contributed by atoms with Crippen molar-refractivity contribution in [3.8, 4) is 0 Å². The van der Waals surface area contributed by atoms with E-state index in [2.05, 4.69) is 6.07 Å². The maximum Gasteiger partial charge on any atom is 0.309 e. The van der Waals surface area contributed by atoms with E-state index in [0.717, 1.165) is 12.0 Å². The molecule has 5 nitrogen and oxygen atoms in total. The smallest absolute Gasteiger partial charge is 0.309 e. The van der Waals surface area contributed by atoms with Crippen LogP contribution in [0.2, 0.25) is 0 Å². The van der Waals surface area contributed by atoms with Gasteiger partial charge in [0.1, 0.15) is 0 Å². The highest BCUT2D eigenvalue weighted by atomic mass is 16.5. The fourth-order valence-corrected chi connectivity index (χ4v) is 3.34. The summed E-state index contributed by atoms with van der Waals surface area (Å²) >= 11 is 0. The minimum Gasteiger partial charge on any atom is -0.466 e. The van der Waals surface area contributed by atoms with Crippen molar-refractivity contribution < 1.29 is 24.2 Å². The Kier molecular flexibility index (Phi) is 6.37. The number of ether oxygens (including phenoxy) is 2. The van der Waals surface area contributed by atoms with Gasteiger partial charge in [-0.05, 0) is 44.2 Å². The predicted octanol–water partition coefficient (Wildman–Crippen LogP) is 2.43. The van der Waals surface area contributed by atoms with Crippen molar-refractivity contribution in [2.75, 3.05) is 13.2 Å². The predicted molar refractivity (Wildman–Crippen MR) is 89.4 cm³/mol. The fraction of sp³-hybridized carbons (Fsp3) is 0.579. The van der Waals surface area contributed by atoms with E-state index < -0.39 is 23.5 Å². The van der Waals surface area contributed by atoms with Crippen LogP contribution in [-0.2, 0) is 31.9 Å². The lowest BCUT2D eigenvalue weighted by molar-refractivity contribution is -0.157. The Balaban J connectivity index is 2.10. The molecule has 1 N–H and O–H groups in total. The van der Waals surface area contributed by atoms with Gasteiger partial charge in [0.05, 0.1) is 31.2 Å². The van der Waals surface area contributed by atoms with Crippen molar-refractivity contribution in [3.05, 3.63) is 35.4 Å². The van der Waals surface area contributed by atoms with Gasteiger partial charge in [-0.3, -0.25) is 9.59 Å². The third kappa shape index (κ3) is 4.81. The lowest BCUT2D eigenvalue weighted by Gasteiger charge is -2.35. The molecule has 0 saturated carbocycles. The van der Waals surface area contributed by atoms with Crippen LogP contribution in [-0.4, -0.2) is 35.9 Å². The van der Waals surface area contributed by atoms with Crippen molar-refractivity contribution in [1.82, 2.24) is 0 Å². The van der Waals surface area contributed by atoms with Gasteiger partial charge in [-0.15, -0.1) is 0 Å². The first-order chi connectivity index (χ1) is 11.5. The van der Waals surface area contributed by atoms with Crippen LogP contribution in [0, 0.1) is 5.92 Å². The number of hydrogen-bond donors (Lipinski definition) is 1. The number of rotatable bonds is 7. The van der Waals surface area contributed by atoms with E-state index in [4.69, 9.17) is 9.47 Å². The third-order valence-electron chi connectivity index (χ3n) is 4.46. The summed E-state index contributed by atoms with van der Waals surface area (Å²) in [6.07, 6.45) is 1.97. The standard InChI is InChI=1S/C19H26O5/c1-3-23-17(20)11-16(18(21)24-4-2)13-19(22)10-9-14-7-5-6-8-15(14)12-19/h5-8,16,22H,3-4,9-13H2,1-2H3. The van der Waals surface area contributed by atoms with Gasteiger partial charge in [-0.25, -0.2) is 0 Å². The van der Waals surface area contributed by atoms with Crippen LogP contribution in [0.15, 0.2) is 24.3 Å². The number of esters is 2. The Bertz CT molecular complexity index is 583. The highest BCUT2D eigenvalue weighted by Crippen LogP contribution is 2.34. The second-order valence-corrected chi connectivity index (χ2v) is 6.33. The zero-order valence-corrected chi connectivity index (χ0v) is 14.4. The van der Waals surface area contributed by atoms with E-state index in [0.29, 0.717) is 12.8 Å². The molecule has 0 spiro atoms. The highest BCUT2D eigenvalue weighted by Gasteiger charge is 2.38. The topological polar surface area (TPSA) is 72.8 Å². The molecule has 0 fully saturated rings. The minimum atomic E-state index is -1.00. The van der Waals surface area contributed by atoms with Crippen molar-refractivity contribution >= 4 is 11.9 Å². The SMILES string of the molecule is CCOC(=O)CC(CC1(O)CCc2ccccc2C1)C(=O)OCC. The molecule has 0 aromatic heterocycles. The lowest BCUT2D eigenvalue weighted by atomic mass is 9.75. The summed E-state index contributed by atoms with van der Waals surface area (Å²) in [4.78, 5) is 24.0. The molecule has 2 unspecified atom stereocenters. The van der Waals surface area contributed by atoms with Gasteiger partial charge >= 0.3 is 11.9 Å². The molecule has 0 amide bonds. The molecule has 0 radical (unpaired) electrons. The van der Waals surface area contributed by atoms with E-state index >= 15 is 0 Å². The number of benzene rings is 1. The average molecular weight is 334 g/mol. The van der Waals surface area contributed by atoms with Gasteiger partial charge in [-0.1, -0.05) is 24.3 Å². The number of carbonyl (C=O) groups is 2. The second kappa shape index (κ2) is 8.29. The quantitative estimate of drug-likeness (QED) is 0.775. The normalized spacial score (nSPS) is 20.8. The summed E-state index contributed by atoms with van der Waals surface area (Å²) in [6.45, 7) is 3.97. The molecule has 0 heterocycles. The van der Waals surface area contributed by atoms with Crippen LogP contribution in [0.4, 0.5) is 0 Å². The average Bonchev–Trinajstić information content (AvgIpc) is 2.54. The van der Waals surface area contributed by atoms with Gasteiger partial charge in [0.25, 0.3) is 0 Å². The maximum atomic E-state index is 12.2. The van der Waals surface area contributed by atoms with E-state index in [9.17, 15) is 14.7 Å². The molecule has 2 rings (SSSR count). The summed E-state index contributed by atoms with van der Waals surface area (Å²) in [5.74, 6) is -1.56.